The fourth-order valence-corrected chi connectivity index (χ4v) is 7.61. The summed E-state index contributed by atoms with van der Waals surface area (Å²) in [6.07, 6.45) is 5.84. The Kier molecular flexibility index (Phi) is 8.40. The largest absolute Gasteiger partial charge is 0.457 e. The van der Waals surface area contributed by atoms with Crippen LogP contribution >= 0.6 is 34.4 Å². The number of fused-ring (bicyclic) bond motifs is 1. The van der Waals surface area contributed by atoms with Gasteiger partial charge in [0.2, 0.25) is 0 Å². The summed E-state index contributed by atoms with van der Waals surface area (Å²) in [6, 6.07) is 30.7. The zero-order chi connectivity index (χ0) is 31.6. The predicted octanol–water partition coefficient (Wildman–Crippen LogP) is 6.61. The highest BCUT2D eigenvalue weighted by atomic mass is 32.2. The number of ether oxygens (including phenoxy) is 1. The van der Waals surface area contributed by atoms with Crippen LogP contribution in [0.15, 0.2) is 135 Å². The standard InChI is InChI=1S/C36H28N4O3S3/c1-23-31(35(42)43-22-24-10-5-3-6-11-24)33(25-15-17-28(44-2)18-16-25)40-34(41)30(46-36(40)37-23)20-26-21-39(27-12-7-4-8-13-27)38-32(26)29-14-9-19-45-29/h3-21,33H,22H2,1-2H3. The maximum atomic E-state index is 14.3. The third-order valence-electron chi connectivity index (χ3n) is 7.69. The molecule has 0 aliphatic carbocycles. The molecule has 0 bridgehead atoms. The van der Waals surface area contributed by atoms with Crippen LogP contribution in [-0.2, 0) is 16.1 Å². The molecule has 0 fully saturated rings. The van der Waals surface area contributed by atoms with Crippen LogP contribution in [0.1, 0.15) is 29.7 Å². The lowest BCUT2D eigenvalue weighted by Gasteiger charge is -2.25. The Morgan fingerprint density at radius 3 is 2.41 bits per heavy atom. The van der Waals surface area contributed by atoms with Gasteiger partial charge in [-0.1, -0.05) is 78.1 Å². The Bertz CT molecular complexity index is 2230. The van der Waals surface area contributed by atoms with Gasteiger partial charge in [-0.25, -0.2) is 14.5 Å². The molecule has 10 heteroatoms. The molecule has 7 nitrogen and oxygen atoms in total. The molecule has 4 heterocycles. The van der Waals surface area contributed by atoms with E-state index < -0.39 is 12.0 Å². The van der Waals surface area contributed by atoms with Crippen LogP contribution < -0.4 is 14.9 Å². The van der Waals surface area contributed by atoms with Gasteiger partial charge in [0, 0.05) is 16.7 Å². The van der Waals surface area contributed by atoms with E-state index >= 15 is 0 Å². The van der Waals surface area contributed by atoms with Crippen molar-refractivity contribution in [3.8, 4) is 16.3 Å². The highest BCUT2D eigenvalue weighted by Crippen LogP contribution is 2.32. The lowest BCUT2D eigenvalue weighted by Crippen LogP contribution is -2.39. The van der Waals surface area contributed by atoms with Gasteiger partial charge in [0.05, 0.1) is 32.4 Å². The number of rotatable bonds is 8. The molecule has 1 aliphatic rings. The molecule has 0 spiro atoms. The van der Waals surface area contributed by atoms with Crippen molar-refractivity contribution >= 4 is 46.5 Å². The molecule has 1 aliphatic heterocycles. The molecule has 0 saturated carbocycles. The normalized spacial score (nSPS) is 14.7. The van der Waals surface area contributed by atoms with Crippen molar-refractivity contribution in [2.75, 3.05) is 6.26 Å². The monoisotopic (exact) mass is 660 g/mol. The van der Waals surface area contributed by atoms with Crippen molar-refractivity contribution in [2.45, 2.75) is 24.5 Å². The quantitative estimate of drug-likeness (QED) is 0.136. The second-order valence-corrected chi connectivity index (χ2v) is 13.4. The number of esters is 1. The van der Waals surface area contributed by atoms with Crippen molar-refractivity contribution in [3.63, 3.8) is 0 Å². The minimum absolute atomic E-state index is 0.121. The molecule has 6 aromatic rings. The van der Waals surface area contributed by atoms with Gasteiger partial charge >= 0.3 is 5.97 Å². The minimum Gasteiger partial charge on any atom is -0.457 e. The molecule has 1 unspecified atom stereocenters. The van der Waals surface area contributed by atoms with Crippen LogP contribution in [0.5, 0.6) is 0 Å². The third kappa shape index (κ3) is 5.82. The Morgan fingerprint density at radius 2 is 1.72 bits per heavy atom. The number of hydrogen-bond acceptors (Lipinski definition) is 8. The Balaban J connectivity index is 1.35. The van der Waals surface area contributed by atoms with Gasteiger partial charge in [-0.2, -0.15) is 5.10 Å². The van der Waals surface area contributed by atoms with Gasteiger partial charge in [-0.15, -0.1) is 23.1 Å². The van der Waals surface area contributed by atoms with Crippen molar-refractivity contribution < 1.29 is 9.53 Å². The predicted molar refractivity (Wildman–Crippen MR) is 185 cm³/mol. The van der Waals surface area contributed by atoms with Crippen LogP contribution in [0, 0.1) is 0 Å². The number of allylic oxidation sites excluding steroid dienone is 1. The van der Waals surface area contributed by atoms with E-state index in [2.05, 4.69) is 0 Å². The Labute approximate surface area is 277 Å². The second-order valence-electron chi connectivity index (χ2n) is 10.6. The molecule has 228 valence electrons. The van der Waals surface area contributed by atoms with Gasteiger partial charge in [0.15, 0.2) is 4.80 Å². The summed E-state index contributed by atoms with van der Waals surface area (Å²) in [6.45, 7) is 1.92. The van der Waals surface area contributed by atoms with Gasteiger partial charge in [0.1, 0.15) is 12.3 Å². The highest BCUT2D eigenvalue weighted by Gasteiger charge is 2.33. The van der Waals surface area contributed by atoms with Crippen LogP contribution in [0.4, 0.5) is 0 Å². The number of thiazole rings is 1. The van der Waals surface area contributed by atoms with E-state index in [4.69, 9.17) is 14.8 Å². The number of thioether (sulfide) groups is 1. The molecule has 46 heavy (non-hydrogen) atoms. The van der Waals surface area contributed by atoms with Gasteiger partial charge < -0.3 is 4.74 Å². The van der Waals surface area contributed by atoms with Crippen LogP contribution in [0.25, 0.3) is 22.3 Å². The van der Waals surface area contributed by atoms with E-state index in [9.17, 15) is 9.59 Å². The van der Waals surface area contributed by atoms with E-state index in [1.54, 1.807) is 34.6 Å². The molecule has 3 aromatic carbocycles. The molecule has 7 rings (SSSR count). The second kappa shape index (κ2) is 12.9. The maximum Gasteiger partial charge on any atom is 0.338 e. The van der Waals surface area contributed by atoms with Crippen molar-refractivity contribution in [1.29, 1.82) is 0 Å². The molecule has 0 saturated heterocycles. The molecular formula is C36H28N4O3S3. The number of para-hydroxylation sites is 1. The van der Waals surface area contributed by atoms with Gasteiger partial charge in [-0.05, 0) is 66.1 Å². The van der Waals surface area contributed by atoms with E-state index in [0.717, 1.165) is 37.8 Å². The fraction of sp³-hybridized carbons (Fsp3) is 0.111. The topological polar surface area (TPSA) is 78.5 Å². The number of benzene rings is 3. The lowest BCUT2D eigenvalue weighted by atomic mass is 9.96. The SMILES string of the molecule is CSc1ccc(C2C(C(=O)OCc3ccccc3)=C(C)N=c3sc(=Cc4cn(-c5ccccc5)nc4-c4cccs4)c(=O)n32)cc1. The summed E-state index contributed by atoms with van der Waals surface area (Å²) < 4.78 is 9.77. The number of hydrogen-bond donors (Lipinski definition) is 0. The fourth-order valence-electron chi connectivity index (χ4n) is 5.44. The van der Waals surface area contributed by atoms with Gasteiger partial charge in [0.25, 0.3) is 5.56 Å². The van der Waals surface area contributed by atoms with E-state index in [1.807, 2.05) is 126 Å². The minimum atomic E-state index is -0.693. The molecule has 1 atom stereocenters. The maximum absolute atomic E-state index is 14.3. The van der Waals surface area contributed by atoms with E-state index in [1.165, 1.54) is 11.3 Å². The summed E-state index contributed by atoms with van der Waals surface area (Å²) >= 11 is 4.53. The first kappa shape index (κ1) is 29.9. The summed E-state index contributed by atoms with van der Waals surface area (Å²) in [4.78, 5) is 35.5. The number of nitrogens with zero attached hydrogens (tertiary/aromatic N) is 4. The molecular weight excluding hydrogens is 633 g/mol. The summed E-state index contributed by atoms with van der Waals surface area (Å²) in [5.74, 6) is -0.498. The number of carbonyl (C=O) groups is 1. The molecule has 0 amide bonds. The molecule has 3 aromatic heterocycles. The number of thiophene rings is 1. The van der Waals surface area contributed by atoms with Crippen molar-refractivity contribution in [1.82, 2.24) is 14.3 Å². The molecule has 0 N–H and O–H groups in total. The summed E-state index contributed by atoms with van der Waals surface area (Å²) in [7, 11) is 0. The summed E-state index contributed by atoms with van der Waals surface area (Å²) in [5, 5.41) is 6.91. The van der Waals surface area contributed by atoms with E-state index in [0.29, 0.717) is 20.6 Å². The zero-order valence-corrected chi connectivity index (χ0v) is 27.4. The first-order valence-corrected chi connectivity index (χ1v) is 17.5. The summed E-state index contributed by atoms with van der Waals surface area (Å²) in [5.41, 5.74) is 4.86. The Morgan fingerprint density at radius 1 is 0.978 bits per heavy atom. The average Bonchev–Trinajstić information content (AvgIpc) is 3.84. The highest BCUT2D eigenvalue weighted by molar-refractivity contribution is 7.98. The molecule has 0 radical (unpaired) electrons. The van der Waals surface area contributed by atoms with E-state index in [-0.39, 0.29) is 12.2 Å². The first-order valence-electron chi connectivity index (χ1n) is 14.6. The number of carbonyl (C=O) groups excluding carboxylic acids is 1. The zero-order valence-electron chi connectivity index (χ0n) is 25.0. The lowest BCUT2D eigenvalue weighted by molar-refractivity contribution is -0.140. The first-order chi connectivity index (χ1) is 22.5. The van der Waals surface area contributed by atoms with Crippen molar-refractivity contribution in [3.05, 3.63) is 156 Å². The van der Waals surface area contributed by atoms with Crippen LogP contribution in [0.3, 0.4) is 0 Å². The van der Waals surface area contributed by atoms with Crippen molar-refractivity contribution in [2.24, 2.45) is 4.99 Å². The van der Waals surface area contributed by atoms with Gasteiger partial charge in [-0.3, -0.25) is 9.36 Å². The average molecular weight is 661 g/mol. The number of aromatic nitrogens is 3. The smallest absolute Gasteiger partial charge is 0.338 e. The Hall–Kier alpha value is -4.77. The third-order valence-corrected chi connectivity index (χ3v) is 10.3. The van der Waals surface area contributed by atoms with Crippen LogP contribution in [0.2, 0.25) is 0 Å². The van der Waals surface area contributed by atoms with Crippen LogP contribution in [-0.4, -0.2) is 26.6 Å².